The van der Waals surface area contributed by atoms with Crippen LogP contribution in [0, 0.1) is 0 Å². The second-order valence-corrected chi connectivity index (χ2v) is 16.7. The normalized spacial score (nSPS) is 13.7. The Morgan fingerprint density at radius 2 is 0.912 bits per heavy atom. The highest BCUT2D eigenvalue weighted by molar-refractivity contribution is 7.47. The molecule has 0 aromatic rings. The Labute approximate surface area is 349 Å². The molecule has 0 aromatic heterocycles. The zero-order chi connectivity index (χ0) is 41.8. The zero-order valence-electron chi connectivity index (χ0n) is 36.6. The molecule has 0 aliphatic carbocycles. The van der Waals surface area contributed by atoms with Gasteiger partial charge in [-0.05, 0) is 77.0 Å². The number of phosphoric ester groups is 1. The first-order valence-corrected chi connectivity index (χ1v) is 24.6. The largest absolute Gasteiger partial charge is 0.472 e. The second kappa shape index (κ2) is 43.5. The van der Waals surface area contributed by atoms with E-state index in [-0.39, 0.29) is 38.6 Å². The molecular formula is C47H86NO8P. The summed E-state index contributed by atoms with van der Waals surface area (Å²) in [6.45, 7) is 3.69. The van der Waals surface area contributed by atoms with Gasteiger partial charge in [-0.25, -0.2) is 4.57 Å². The molecule has 0 aliphatic rings. The Morgan fingerprint density at radius 1 is 0.526 bits per heavy atom. The summed E-state index contributed by atoms with van der Waals surface area (Å²) in [6, 6.07) is 0. The highest BCUT2D eigenvalue weighted by atomic mass is 31.2. The quantitative estimate of drug-likeness (QED) is 0.0267. The Kier molecular flexibility index (Phi) is 42.0. The van der Waals surface area contributed by atoms with Crippen LogP contribution < -0.4 is 5.73 Å². The van der Waals surface area contributed by atoms with Gasteiger partial charge in [-0.15, -0.1) is 0 Å². The van der Waals surface area contributed by atoms with Crippen LogP contribution >= 0.6 is 7.82 Å². The van der Waals surface area contributed by atoms with Gasteiger partial charge >= 0.3 is 19.8 Å². The molecule has 0 rings (SSSR count). The van der Waals surface area contributed by atoms with Gasteiger partial charge in [-0.1, -0.05) is 165 Å². The van der Waals surface area contributed by atoms with Crippen LogP contribution in [0.5, 0.6) is 0 Å². The van der Waals surface area contributed by atoms with E-state index in [1.54, 1.807) is 0 Å². The van der Waals surface area contributed by atoms with E-state index >= 15 is 0 Å². The number of rotatable bonds is 43. The molecule has 9 nitrogen and oxygen atoms in total. The molecule has 0 amide bonds. The van der Waals surface area contributed by atoms with Crippen molar-refractivity contribution in [3.8, 4) is 0 Å². The number of esters is 2. The summed E-state index contributed by atoms with van der Waals surface area (Å²) >= 11 is 0. The molecule has 0 heterocycles. The van der Waals surface area contributed by atoms with Gasteiger partial charge in [0, 0.05) is 19.4 Å². The van der Waals surface area contributed by atoms with E-state index in [1.807, 2.05) is 0 Å². The third kappa shape index (κ3) is 43.4. The molecule has 0 saturated heterocycles. The SMILES string of the molecule is CCCCC/C=C\C/C=C\C/C=C\CCCCCCCCC(=O)OC(COC(=O)CCCCCCCCC/C=C\CCCCCCCC)COP(=O)(O)OCCN. The summed E-state index contributed by atoms with van der Waals surface area (Å²) in [5, 5.41) is 0. The minimum Gasteiger partial charge on any atom is -0.462 e. The maximum atomic E-state index is 12.6. The zero-order valence-corrected chi connectivity index (χ0v) is 37.5. The Morgan fingerprint density at radius 3 is 1.40 bits per heavy atom. The average Bonchev–Trinajstić information content (AvgIpc) is 3.20. The standard InChI is InChI=1S/C47H86NO8P/c1-3-5-7-9-11-13-15-17-19-21-22-24-26-28-30-32-34-36-38-40-47(50)56-45(44-55-57(51,52)54-42-41-48)43-53-46(49)39-37-35-33-31-29-27-25-23-20-18-16-14-12-10-8-6-4-2/h11,13,17-20,22,24,45H,3-10,12,14-16,21,23,25-44,48H2,1-2H3,(H,51,52)/b13-11-,19-17-,20-18-,24-22-. The fraction of sp³-hybridized carbons (Fsp3) is 0.787. The lowest BCUT2D eigenvalue weighted by atomic mass is 10.1. The number of nitrogens with two attached hydrogens (primary N) is 1. The van der Waals surface area contributed by atoms with Crippen LogP contribution in [0.15, 0.2) is 48.6 Å². The number of carbonyl (C=O) groups is 2. The number of allylic oxidation sites excluding steroid dienone is 8. The Balaban J connectivity index is 4.15. The number of carbonyl (C=O) groups excluding carboxylic acids is 2. The van der Waals surface area contributed by atoms with Crippen molar-refractivity contribution in [2.75, 3.05) is 26.4 Å². The first kappa shape index (κ1) is 55.0. The van der Waals surface area contributed by atoms with Crippen LogP contribution in [-0.2, 0) is 32.7 Å². The Hall–Kier alpha value is -2.03. The van der Waals surface area contributed by atoms with Crippen LogP contribution in [0.3, 0.4) is 0 Å². The molecule has 57 heavy (non-hydrogen) atoms. The van der Waals surface area contributed by atoms with Crippen LogP contribution in [0.25, 0.3) is 0 Å². The van der Waals surface area contributed by atoms with Crippen LogP contribution in [-0.4, -0.2) is 49.3 Å². The van der Waals surface area contributed by atoms with Gasteiger partial charge in [-0.3, -0.25) is 18.6 Å². The average molecular weight is 824 g/mol. The van der Waals surface area contributed by atoms with Gasteiger partial charge in [0.25, 0.3) is 0 Å². The van der Waals surface area contributed by atoms with E-state index in [0.29, 0.717) is 6.42 Å². The van der Waals surface area contributed by atoms with Gasteiger partial charge in [0.05, 0.1) is 13.2 Å². The van der Waals surface area contributed by atoms with Crippen molar-refractivity contribution in [1.29, 1.82) is 0 Å². The number of hydrogen-bond donors (Lipinski definition) is 2. The topological polar surface area (TPSA) is 134 Å². The minimum atomic E-state index is -4.38. The van der Waals surface area contributed by atoms with Crippen molar-refractivity contribution in [3.63, 3.8) is 0 Å². The lowest BCUT2D eigenvalue weighted by Gasteiger charge is -2.19. The molecule has 2 atom stereocenters. The maximum Gasteiger partial charge on any atom is 0.472 e. The maximum absolute atomic E-state index is 12.6. The predicted molar refractivity (Wildman–Crippen MR) is 238 cm³/mol. The van der Waals surface area contributed by atoms with E-state index in [0.717, 1.165) is 83.5 Å². The second-order valence-electron chi connectivity index (χ2n) is 15.3. The molecule has 10 heteroatoms. The third-order valence-electron chi connectivity index (χ3n) is 9.69. The van der Waals surface area contributed by atoms with E-state index in [4.69, 9.17) is 24.3 Å². The molecule has 0 radical (unpaired) electrons. The molecule has 0 aromatic carbocycles. The number of unbranched alkanes of at least 4 members (excludes halogenated alkanes) is 22. The van der Waals surface area contributed by atoms with E-state index in [2.05, 4.69) is 62.5 Å². The molecule has 0 bridgehead atoms. The van der Waals surface area contributed by atoms with Crippen molar-refractivity contribution in [1.82, 2.24) is 0 Å². The summed E-state index contributed by atoms with van der Waals surface area (Å²) in [4.78, 5) is 34.9. The van der Waals surface area contributed by atoms with Gasteiger partial charge in [-0.2, -0.15) is 0 Å². The van der Waals surface area contributed by atoms with Gasteiger partial charge in [0.1, 0.15) is 6.61 Å². The smallest absolute Gasteiger partial charge is 0.462 e. The van der Waals surface area contributed by atoms with Crippen molar-refractivity contribution in [2.45, 2.75) is 213 Å². The minimum absolute atomic E-state index is 0.0492. The van der Waals surface area contributed by atoms with Crippen LogP contribution in [0.2, 0.25) is 0 Å². The summed E-state index contributed by atoms with van der Waals surface area (Å²) < 4.78 is 32.8. The molecular weight excluding hydrogens is 737 g/mol. The van der Waals surface area contributed by atoms with Crippen molar-refractivity contribution >= 4 is 19.8 Å². The van der Waals surface area contributed by atoms with E-state index < -0.39 is 26.5 Å². The molecule has 0 saturated carbocycles. The van der Waals surface area contributed by atoms with Gasteiger partial charge in [0.2, 0.25) is 0 Å². The number of phosphoric acid groups is 1. The lowest BCUT2D eigenvalue weighted by molar-refractivity contribution is -0.161. The first-order chi connectivity index (χ1) is 27.8. The highest BCUT2D eigenvalue weighted by Crippen LogP contribution is 2.43. The monoisotopic (exact) mass is 824 g/mol. The van der Waals surface area contributed by atoms with Crippen LogP contribution in [0.1, 0.15) is 206 Å². The van der Waals surface area contributed by atoms with Crippen molar-refractivity contribution in [3.05, 3.63) is 48.6 Å². The number of hydrogen-bond acceptors (Lipinski definition) is 8. The third-order valence-corrected chi connectivity index (χ3v) is 10.7. The summed E-state index contributed by atoms with van der Waals surface area (Å²) in [7, 11) is -4.38. The molecule has 3 N–H and O–H groups in total. The molecule has 332 valence electrons. The molecule has 0 spiro atoms. The lowest BCUT2D eigenvalue weighted by Crippen LogP contribution is -2.29. The van der Waals surface area contributed by atoms with Gasteiger partial charge in [0.15, 0.2) is 6.10 Å². The summed E-state index contributed by atoms with van der Waals surface area (Å²) in [6.07, 6.45) is 49.9. The van der Waals surface area contributed by atoms with Gasteiger partial charge < -0.3 is 20.1 Å². The predicted octanol–water partition coefficient (Wildman–Crippen LogP) is 13.5. The summed E-state index contributed by atoms with van der Waals surface area (Å²) in [5.74, 6) is -0.846. The van der Waals surface area contributed by atoms with Crippen molar-refractivity contribution in [2.24, 2.45) is 5.73 Å². The van der Waals surface area contributed by atoms with Crippen molar-refractivity contribution < 1.29 is 37.6 Å². The highest BCUT2D eigenvalue weighted by Gasteiger charge is 2.26. The van der Waals surface area contributed by atoms with E-state index in [9.17, 15) is 19.0 Å². The number of ether oxygens (including phenoxy) is 2. The fourth-order valence-corrected chi connectivity index (χ4v) is 6.99. The fourth-order valence-electron chi connectivity index (χ4n) is 6.22. The van der Waals surface area contributed by atoms with E-state index in [1.165, 1.54) is 89.9 Å². The molecule has 0 aliphatic heterocycles. The van der Waals surface area contributed by atoms with Crippen LogP contribution in [0.4, 0.5) is 0 Å². The first-order valence-electron chi connectivity index (χ1n) is 23.1. The molecule has 0 fully saturated rings. The Bertz CT molecular complexity index is 1080. The summed E-state index contributed by atoms with van der Waals surface area (Å²) in [5.41, 5.74) is 5.35. The molecule has 2 unspecified atom stereocenters.